The van der Waals surface area contributed by atoms with Crippen LogP contribution < -0.4 is 9.47 Å². The number of aromatic nitrogens is 3. The predicted octanol–water partition coefficient (Wildman–Crippen LogP) is 1.31. The minimum atomic E-state index is -3.85. The van der Waals surface area contributed by atoms with Crippen LogP contribution in [-0.2, 0) is 10.0 Å². The number of hydrogen-bond donors (Lipinski definition) is 0. The van der Waals surface area contributed by atoms with Gasteiger partial charge in [-0.15, -0.1) is 9.19 Å². The lowest BCUT2D eigenvalue weighted by Gasteiger charge is -2.12. The number of benzene rings is 1. The Bertz CT molecular complexity index is 668. The highest BCUT2D eigenvalue weighted by atomic mass is 32.2. The summed E-state index contributed by atoms with van der Waals surface area (Å²) in [6, 6.07) is 4.65. The lowest BCUT2D eigenvalue weighted by molar-refractivity contribution is 0.322. The van der Waals surface area contributed by atoms with Crippen molar-refractivity contribution >= 4 is 10.0 Å². The second-order valence-corrected chi connectivity index (χ2v) is 5.51. The largest absolute Gasteiger partial charge is 0.494 e. The zero-order valence-corrected chi connectivity index (χ0v) is 12.0. The van der Waals surface area contributed by atoms with Crippen molar-refractivity contribution in [1.29, 1.82) is 0 Å². The van der Waals surface area contributed by atoms with Gasteiger partial charge in [0, 0.05) is 6.07 Å². The van der Waals surface area contributed by atoms with E-state index in [9.17, 15) is 8.42 Å². The van der Waals surface area contributed by atoms with Gasteiger partial charge in [-0.3, -0.25) is 0 Å². The fourth-order valence-corrected chi connectivity index (χ4v) is 2.84. The molecular formula is C12H15N3O4S. The molecular weight excluding hydrogens is 282 g/mol. The molecule has 0 spiro atoms. The van der Waals surface area contributed by atoms with E-state index in [2.05, 4.69) is 10.1 Å². The summed E-state index contributed by atoms with van der Waals surface area (Å²) < 4.78 is 36.4. The molecule has 1 aromatic heterocycles. The molecule has 0 aliphatic heterocycles. The average molecular weight is 297 g/mol. The fraction of sp³-hybridized carbons (Fsp3) is 0.333. The first-order chi connectivity index (χ1) is 9.59. The van der Waals surface area contributed by atoms with E-state index in [1.807, 2.05) is 6.92 Å². The van der Waals surface area contributed by atoms with E-state index in [0.29, 0.717) is 19.0 Å². The molecule has 0 amide bonds. The summed E-state index contributed by atoms with van der Waals surface area (Å²) in [6.45, 7) is 4.40. The lowest BCUT2D eigenvalue weighted by atomic mass is 10.3. The van der Waals surface area contributed by atoms with Gasteiger partial charge < -0.3 is 9.47 Å². The SMILES string of the molecule is CCOc1ccc(OCC)c(S(=O)(=O)n2cncn2)c1. The number of rotatable bonds is 6. The first kappa shape index (κ1) is 14.3. The van der Waals surface area contributed by atoms with Crippen molar-refractivity contribution in [3.63, 3.8) is 0 Å². The quantitative estimate of drug-likeness (QED) is 0.799. The van der Waals surface area contributed by atoms with E-state index in [-0.39, 0.29) is 10.6 Å². The molecule has 0 aliphatic rings. The topological polar surface area (TPSA) is 83.3 Å². The van der Waals surface area contributed by atoms with Crippen LogP contribution in [0.4, 0.5) is 0 Å². The first-order valence-electron chi connectivity index (χ1n) is 6.09. The van der Waals surface area contributed by atoms with E-state index in [4.69, 9.17) is 9.47 Å². The Balaban J connectivity index is 2.55. The molecule has 0 radical (unpaired) electrons. The molecule has 7 nitrogen and oxygen atoms in total. The molecule has 1 heterocycles. The summed E-state index contributed by atoms with van der Waals surface area (Å²) in [6.07, 6.45) is 2.28. The van der Waals surface area contributed by atoms with Gasteiger partial charge in [0.25, 0.3) is 10.0 Å². The fourth-order valence-electron chi connectivity index (χ4n) is 1.64. The molecule has 1 aromatic carbocycles. The third kappa shape index (κ3) is 2.74. The third-order valence-electron chi connectivity index (χ3n) is 2.45. The highest BCUT2D eigenvalue weighted by Crippen LogP contribution is 2.29. The Morgan fingerprint density at radius 3 is 2.55 bits per heavy atom. The summed E-state index contributed by atoms with van der Waals surface area (Å²) in [7, 11) is -3.85. The maximum atomic E-state index is 12.5. The van der Waals surface area contributed by atoms with Crippen LogP contribution in [0.25, 0.3) is 0 Å². The van der Waals surface area contributed by atoms with Gasteiger partial charge in [-0.05, 0) is 26.0 Å². The molecule has 0 fully saturated rings. The smallest absolute Gasteiger partial charge is 0.288 e. The van der Waals surface area contributed by atoms with Crippen molar-refractivity contribution in [2.24, 2.45) is 0 Å². The minimum Gasteiger partial charge on any atom is -0.494 e. The van der Waals surface area contributed by atoms with E-state index in [0.717, 1.165) is 16.7 Å². The van der Waals surface area contributed by atoms with Gasteiger partial charge in [-0.2, -0.15) is 8.42 Å². The molecule has 0 unspecified atom stereocenters. The maximum Gasteiger partial charge on any atom is 0.288 e. The Hall–Kier alpha value is -2.09. The summed E-state index contributed by atoms with van der Waals surface area (Å²) in [4.78, 5) is 3.65. The Kier molecular flexibility index (Phi) is 4.23. The van der Waals surface area contributed by atoms with Crippen molar-refractivity contribution in [2.75, 3.05) is 13.2 Å². The van der Waals surface area contributed by atoms with Crippen molar-refractivity contribution in [1.82, 2.24) is 14.2 Å². The van der Waals surface area contributed by atoms with Crippen LogP contribution in [0.2, 0.25) is 0 Å². The van der Waals surface area contributed by atoms with Crippen LogP contribution in [0.15, 0.2) is 35.7 Å². The van der Waals surface area contributed by atoms with Gasteiger partial charge in [-0.1, -0.05) is 0 Å². The van der Waals surface area contributed by atoms with E-state index >= 15 is 0 Å². The number of nitrogens with zero attached hydrogens (tertiary/aromatic N) is 3. The summed E-state index contributed by atoms with van der Waals surface area (Å²) >= 11 is 0. The van der Waals surface area contributed by atoms with Gasteiger partial charge in [0.2, 0.25) is 0 Å². The number of hydrogen-bond acceptors (Lipinski definition) is 6. The summed E-state index contributed by atoms with van der Waals surface area (Å²) in [5.74, 6) is 0.709. The zero-order chi connectivity index (χ0) is 14.6. The van der Waals surface area contributed by atoms with Crippen LogP contribution in [0.5, 0.6) is 11.5 Å². The average Bonchev–Trinajstić information content (AvgIpc) is 2.95. The Morgan fingerprint density at radius 1 is 1.20 bits per heavy atom. The van der Waals surface area contributed by atoms with Crippen LogP contribution in [0, 0.1) is 0 Å². The highest BCUT2D eigenvalue weighted by molar-refractivity contribution is 7.90. The van der Waals surface area contributed by atoms with E-state index in [1.165, 1.54) is 6.07 Å². The molecule has 0 N–H and O–H groups in total. The molecule has 0 bridgehead atoms. The van der Waals surface area contributed by atoms with Crippen molar-refractivity contribution in [2.45, 2.75) is 18.7 Å². The van der Waals surface area contributed by atoms with E-state index in [1.54, 1.807) is 19.1 Å². The Morgan fingerprint density at radius 2 is 1.95 bits per heavy atom. The van der Waals surface area contributed by atoms with Gasteiger partial charge in [0.15, 0.2) is 0 Å². The lowest BCUT2D eigenvalue weighted by Crippen LogP contribution is -2.15. The van der Waals surface area contributed by atoms with Crippen molar-refractivity contribution in [3.05, 3.63) is 30.9 Å². The molecule has 20 heavy (non-hydrogen) atoms. The first-order valence-corrected chi connectivity index (χ1v) is 7.53. The molecule has 2 rings (SSSR count). The summed E-state index contributed by atoms with van der Waals surface area (Å²) in [5, 5.41) is 3.66. The van der Waals surface area contributed by atoms with Crippen LogP contribution >= 0.6 is 0 Å². The van der Waals surface area contributed by atoms with E-state index < -0.39 is 10.0 Å². The minimum absolute atomic E-state index is 0.00389. The molecule has 0 aliphatic carbocycles. The third-order valence-corrected chi connectivity index (χ3v) is 4.00. The second kappa shape index (κ2) is 5.91. The zero-order valence-electron chi connectivity index (χ0n) is 11.2. The monoisotopic (exact) mass is 297 g/mol. The molecule has 2 aromatic rings. The van der Waals surface area contributed by atoms with Gasteiger partial charge in [0.1, 0.15) is 29.0 Å². The Labute approximate surface area is 117 Å². The van der Waals surface area contributed by atoms with Crippen molar-refractivity contribution < 1.29 is 17.9 Å². The van der Waals surface area contributed by atoms with Crippen LogP contribution in [-0.4, -0.2) is 35.8 Å². The van der Waals surface area contributed by atoms with Gasteiger partial charge in [-0.25, -0.2) is 4.98 Å². The molecule has 0 atom stereocenters. The standard InChI is InChI=1S/C12H15N3O4S/c1-3-18-10-5-6-11(19-4-2)12(7-10)20(16,17)15-9-13-8-14-15/h5-9H,3-4H2,1-2H3. The van der Waals surface area contributed by atoms with Gasteiger partial charge in [0.05, 0.1) is 13.2 Å². The molecule has 8 heteroatoms. The van der Waals surface area contributed by atoms with Crippen LogP contribution in [0.1, 0.15) is 13.8 Å². The number of ether oxygens (including phenoxy) is 2. The van der Waals surface area contributed by atoms with Crippen molar-refractivity contribution in [3.8, 4) is 11.5 Å². The molecule has 0 saturated carbocycles. The summed E-state index contributed by atoms with van der Waals surface area (Å²) in [5.41, 5.74) is 0. The second-order valence-electron chi connectivity index (χ2n) is 3.75. The van der Waals surface area contributed by atoms with Crippen LogP contribution in [0.3, 0.4) is 0 Å². The molecule has 108 valence electrons. The van der Waals surface area contributed by atoms with Gasteiger partial charge >= 0.3 is 0 Å². The maximum absolute atomic E-state index is 12.5. The molecule has 0 saturated heterocycles. The highest BCUT2D eigenvalue weighted by Gasteiger charge is 2.23. The normalized spacial score (nSPS) is 11.3. The predicted molar refractivity (Wildman–Crippen MR) is 71.4 cm³/mol.